The number of aromatic nitrogens is 2. The van der Waals surface area contributed by atoms with Crippen molar-refractivity contribution in [1.82, 2.24) is 9.97 Å². The van der Waals surface area contributed by atoms with Crippen molar-refractivity contribution in [3.05, 3.63) is 59.8 Å². The van der Waals surface area contributed by atoms with E-state index >= 15 is 0 Å². The Bertz CT molecular complexity index is 1020. The maximum atomic E-state index is 12.0. The van der Waals surface area contributed by atoms with Crippen molar-refractivity contribution in [3.8, 4) is 11.5 Å². The maximum absolute atomic E-state index is 12.0. The van der Waals surface area contributed by atoms with Crippen LogP contribution in [0, 0.1) is 6.92 Å². The number of hydrogen-bond donors (Lipinski definition) is 2. The molecule has 3 aromatic rings. The zero-order valence-electron chi connectivity index (χ0n) is 16.6. The third kappa shape index (κ3) is 4.73. The first-order chi connectivity index (χ1) is 14.0. The summed E-state index contributed by atoms with van der Waals surface area (Å²) in [5, 5.41) is 6.32. The number of para-hydroxylation sites is 1. The lowest BCUT2D eigenvalue weighted by Crippen LogP contribution is -2.08. The van der Waals surface area contributed by atoms with Crippen molar-refractivity contribution >= 4 is 29.1 Å². The summed E-state index contributed by atoms with van der Waals surface area (Å²) in [4.78, 5) is 20.9. The third-order valence-corrected chi connectivity index (χ3v) is 4.09. The number of esters is 1. The van der Waals surface area contributed by atoms with E-state index in [2.05, 4.69) is 20.6 Å². The van der Waals surface area contributed by atoms with E-state index < -0.39 is 5.97 Å². The minimum absolute atomic E-state index is 0.351. The highest BCUT2D eigenvalue weighted by Gasteiger charge is 2.13. The molecule has 0 saturated carbocycles. The zero-order valence-corrected chi connectivity index (χ0v) is 16.6. The van der Waals surface area contributed by atoms with E-state index in [9.17, 15) is 4.79 Å². The zero-order chi connectivity index (χ0) is 20.8. The molecule has 3 rings (SSSR count). The van der Waals surface area contributed by atoms with Gasteiger partial charge in [-0.3, -0.25) is 0 Å². The van der Waals surface area contributed by atoms with Crippen LogP contribution in [0.25, 0.3) is 0 Å². The van der Waals surface area contributed by atoms with Gasteiger partial charge >= 0.3 is 5.97 Å². The molecule has 0 fully saturated rings. The van der Waals surface area contributed by atoms with Gasteiger partial charge in [-0.25, -0.2) is 9.78 Å². The predicted octanol–water partition coefficient (Wildman–Crippen LogP) is 4.08. The summed E-state index contributed by atoms with van der Waals surface area (Å²) in [6.07, 6.45) is 0. The predicted molar refractivity (Wildman–Crippen MR) is 111 cm³/mol. The lowest BCUT2D eigenvalue weighted by atomic mass is 10.2. The molecule has 0 aliphatic heterocycles. The molecule has 0 aliphatic carbocycles. The Morgan fingerprint density at radius 1 is 0.897 bits per heavy atom. The van der Waals surface area contributed by atoms with Crippen LogP contribution in [-0.2, 0) is 4.74 Å². The molecule has 2 N–H and O–H groups in total. The first-order valence-corrected chi connectivity index (χ1v) is 8.83. The molecule has 2 aromatic carbocycles. The van der Waals surface area contributed by atoms with Crippen LogP contribution in [0.2, 0.25) is 0 Å². The first kappa shape index (κ1) is 19.9. The highest BCUT2D eigenvalue weighted by molar-refractivity contribution is 5.96. The molecular weight excluding hydrogens is 372 g/mol. The molecule has 1 heterocycles. The van der Waals surface area contributed by atoms with Gasteiger partial charge in [-0.05, 0) is 31.2 Å². The van der Waals surface area contributed by atoms with Gasteiger partial charge in [-0.2, -0.15) is 4.98 Å². The fourth-order valence-corrected chi connectivity index (χ4v) is 2.75. The molecule has 8 heteroatoms. The molecule has 1 aromatic heterocycles. The van der Waals surface area contributed by atoms with Gasteiger partial charge in [0.1, 0.15) is 5.82 Å². The normalized spacial score (nSPS) is 10.2. The van der Waals surface area contributed by atoms with Crippen LogP contribution in [0.5, 0.6) is 11.5 Å². The molecule has 0 aliphatic rings. The standard InChI is InChI=1S/C21H22N4O4/c1-13-11-19(23-14-9-10-17(27-2)18(12-14)28-3)25-21(22-13)24-16-8-6-5-7-15(16)20(26)29-4/h5-12H,1-4H3,(H2,22,23,24,25). The minimum Gasteiger partial charge on any atom is -0.493 e. The van der Waals surface area contributed by atoms with Crippen LogP contribution in [0.4, 0.5) is 23.1 Å². The van der Waals surface area contributed by atoms with Crippen LogP contribution >= 0.6 is 0 Å². The fraction of sp³-hybridized carbons (Fsp3) is 0.190. The molecule has 8 nitrogen and oxygen atoms in total. The number of benzene rings is 2. The molecule has 0 spiro atoms. The van der Waals surface area contributed by atoms with Crippen molar-refractivity contribution in [2.75, 3.05) is 32.0 Å². The monoisotopic (exact) mass is 394 g/mol. The summed E-state index contributed by atoms with van der Waals surface area (Å²) in [7, 11) is 4.51. The summed E-state index contributed by atoms with van der Waals surface area (Å²) < 4.78 is 15.4. The largest absolute Gasteiger partial charge is 0.493 e. The number of methoxy groups -OCH3 is 3. The number of nitrogens with one attached hydrogen (secondary N) is 2. The lowest BCUT2D eigenvalue weighted by Gasteiger charge is -2.13. The Labute approximate surface area is 168 Å². The van der Waals surface area contributed by atoms with Crippen molar-refractivity contribution < 1.29 is 19.0 Å². The molecule has 150 valence electrons. The quantitative estimate of drug-likeness (QED) is 0.579. The van der Waals surface area contributed by atoms with Crippen LogP contribution in [0.1, 0.15) is 16.1 Å². The van der Waals surface area contributed by atoms with Crippen LogP contribution in [0.3, 0.4) is 0 Å². The molecule has 0 atom stereocenters. The smallest absolute Gasteiger partial charge is 0.339 e. The molecule has 0 saturated heterocycles. The van der Waals surface area contributed by atoms with E-state index in [-0.39, 0.29) is 0 Å². The molecule has 0 bridgehead atoms. The first-order valence-electron chi connectivity index (χ1n) is 8.83. The van der Waals surface area contributed by atoms with Gasteiger partial charge < -0.3 is 24.8 Å². The Kier molecular flexibility index (Phi) is 6.13. The number of hydrogen-bond acceptors (Lipinski definition) is 8. The van der Waals surface area contributed by atoms with Crippen LogP contribution in [-0.4, -0.2) is 37.3 Å². The number of nitrogens with zero attached hydrogens (tertiary/aromatic N) is 2. The fourth-order valence-electron chi connectivity index (χ4n) is 2.75. The Morgan fingerprint density at radius 3 is 2.38 bits per heavy atom. The van der Waals surface area contributed by atoms with Gasteiger partial charge in [-0.1, -0.05) is 12.1 Å². The number of anilines is 4. The highest BCUT2D eigenvalue weighted by atomic mass is 16.5. The van der Waals surface area contributed by atoms with Crippen LogP contribution < -0.4 is 20.1 Å². The van der Waals surface area contributed by atoms with Gasteiger partial charge in [0, 0.05) is 23.5 Å². The Hall–Kier alpha value is -3.81. The van der Waals surface area contributed by atoms with Gasteiger partial charge in [0.25, 0.3) is 0 Å². The third-order valence-electron chi connectivity index (χ3n) is 4.09. The number of ether oxygens (including phenoxy) is 3. The van der Waals surface area contributed by atoms with Gasteiger partial charge in [0.15, 0.2) is 11.5 Å². The Balaban J connectivity index is 1.87. The number of carbonyl (C=O) groups is 1. The lowest BCUT2D eigenvalue weighted by molar-refractivity contribution is 0.0602. The average Bonchev–Trinajstić information content (AvgIpc) is 2.73. The molecular formula is C21H22N4O4. The summed E-state index contributed by atoms with van der Waals surface area (Å²) in [6.45, 7) is 1.86. The maximum Gasteiger partial charge on any atom is 0.339 e. The summed E-state index contributed by atoms with van der Waals surface area (Å²) in [6, 6.07) is 14.3. The number of carbonyl (C=O) groups excluding carboxylic acids is 1. The molecule has 0 radical (unpaired) electrons. The van der Waals surface area contributed by atoms with E-state index in [0.29, 0.717) is 34.5 Å². The van der Waals surface area contributed by atoms with Gasteiger partial charge in [0.05, 0.1) is 32.6 Å². The van der Waals surface area contributed by atoms with Crippen molar-refractivity contribution in [2.24, 2.45) is 0 Å². The SMILES string of the molecule is COC(=O)c1ccccc1Nc1nc(C)cc(Nc2ccc(OC)c(OC)c2)n1. The van der Waals surface area contributed by atoms with E-state index in [1.807, 2.05) is 31.2 Å². The highest BCUT2D eigenvalue weighted by Crippen LogP contribution is 2.31. The van der Waals surface area contributed by atoms with Crippen LogP contribution in [0.15, 0.2) is 48.5 Å². The van der Waals surface area contributed by atoms with Crippen molar-refractivity contribution in [1.29, 1.82) is 0 Å². The minimum atomic E-state index is -0.440. The summed E-state index contributed by atoms with van der Waals surface area (Å²) >= 11 is 0. The topological polar surface area (TPSA) is 94.6 Å². The van der Waals surface area contributed by atoms with Gasteiger partial charge in [-0.15, -0.1) is 0 Å². The average molecular weight is 394 g/mol. The number of rotatable bonds is 7. The van der Waals surface area contributed by atoms with E-state index in [4.69, 9.17) is 14.2 Å². The molecule has 0 amide bonds. The van der Waals surface area contributed by atoms with E-state index in [0.717, 1.165) is 11.4 Å². The van der Waals surface area contributed by atoms with Crippen molar-refractivity contribution in [3.63, 3.8) is 0 Å². The van der Waals surface area contributed by atoms with Gasteiger partial charge in [0.2, 0.25) is 5.95 Å². The second-order valence-electron chi connectivity index (χ2n) is 6.08. The second-order valence-corrected chi connectivity index (χ2v) is 6.08. The molecule has 29 heavy (non-hydrogen) atoms. The van der Waals surface area contributed by atoms with E-state index in [1.165, 1.54) is 7.11 Å². The Morgan fingerprint density at radius 2 is 1.66 bits per heavy atom. The summed E-state index contributed by atoms with van der Waals surface area (Å²) in [5.74, 6) is 1.74. The van der Waals surface area contributed by atoms with Crippen molar-refractivity contribution in [2.45, 2.75) is 6.92 Å². The molecule has 0 unspecified atom stereocenters. The number of aryl methyl sites for hydroxylation is 1. The summed E-state index contributed by atoms with van der Waals surface area (Å²) in [5.41, 5.74) is 2.49. The van der Waals surface area contributed by atoms with E-state index in [1.54, 1.807) is 38.5 Å². The second kappa shape index (κ2) is 8.92.